The van der Waals surface area contributed by atoms with Crippen LogP contribution in [-0.2, 0) is 0 Å². The van der Waals surface area contributed by atoms with Gasteiger partial charge >= 0.3 is 0 Å². The molecule has 0 bridgehead atoms. The van der Waals surface area contributed by atoms with Crippen LogP contribution in [0.5, 0.6) is 0 Å². The van der Waals surface area contributed by atoms with Crippen LogP contribution >= 0.6 is 0 Å². The van der Waals surface area contributed by atoms with Gasteiger partial charge in [-0.3, -0.25) is 0 Å². The first-order chi connectivity index (χ1) is 9.43. The number of aliphatic hydroxyl groups excluding tert-OH is 1. The Hall–Kier alpha value is -0.900. The quantitative estimate of drug-likeness (QED) is 0.829. The van der Waals surface area contributed by atoms with Gasteiger partial charge in [-0.2, -0.15) is 0 Å². The van der Waals surface area contributed by atoms with Crippen LogP contribution in [0.1, 0.15) is 26.7 Å². The maximum atomic E-state index is 10.6. The van der Waals surface area contributed by atoms with Crippen molar-refractivity contribution < 1.29 is 5.11 Å². The molecule has 0 radical (unpaired) electrons. The van der Waals surface area contributed by atoms with Crippen molar-refractivity contribution in [3.8, 4) is 0 Å². The van der Waals surface area contributed by atoms with Gasteiger partial charge in [0, 0.05) is 11.5 Å². The highest BCUT2D eigenvalue weighted by molar-refractivity contribution is 5.41. The molecule has 2 aliphatic rings. The van der Waals surface area contributed by atoms with Gasteiger partial charge in [0.25, 0.3) is 0 Å². The lowest BCUT2D eigenvalue weighted by atomic mass is 9.82. The standard InChI is InChI=1S/C17H28N2O/c1-17(2,19(3)4)16(20)15-7-5-13(6-8-15)14-9-11-18-12-10-14/h5-8,15-16,18,20H,9-12H2,1-4H3. The number of nitrogens with zero attached hydrogens (tertiary/aromatic N) is 1. The van der Waals surface area contributed by atoms with E-state index in [0.717, 1.165) is 25.9 Å². The third-order valence-corrected chi connectivity index (χ3v) is 4.85. The zero-order valence-electron chi connectivity index (χ0n) is 13.2. The second kappa shape index (κ2) is 6.25. The maximum absolute atomic E-state index is 10.6. The summed E-state index contributed by atoms with van der Waals surface area (Å²) in [6.07, 6.45) is 10.6. The van der Waals surface area contributed by atoms with Crippen LogP contribution in [0, 0.1) is 5.92 Å². The van der Waals surface area contributed by atoms with E-state index in [0.29, 0.717) is 0 Å². The zero-order chi connectivity index (χ0) is 14.8. The molecule has 0 aromatic carbocycles. The summed E-state index contributed by atoms with van der Waals surface area (Å²) in [4.78, 5) is 2.08. The molecule has 1 fully saturated rings. The third-order valence-electron chi connectivity index (χ3n) is 4.85. The first kappa shape index (κ1) is 15.5. The summed E-state index contributed by atoms with van der Waals surface area (Å²) in [6, 6.07) is 0. The summed E-state index contributed by atoms with van der Waals surface area (Å²) >= 11 is 0. The van der Waals surface area contributed by atoms with Crippen LogP contribution in [0.25, 0.3) is 0 Å². The van der Waals surface area contributed by atoms with Crippen molar-refractivity contribution in [3.63, 3.8) is 0 Å². The smallest absolute Gasteiger partial charge is 0.0815 e. The van der Waals surface area contributed by atoms with Crippen LogP contribution < -0.4 is 5.32 Å². The van der Waals surface area contributed by atoms with E-state index in [9.17, 15) is 5.11 Å². The molecule has 0 aromatic heterocycles. The number of nitrogens with one attached hydrogen (secondary N) is 1. The van der Waals surface area contributed by atoms with Gasteiger partial charge in [0.1, 0.15) is 0 Å². The Bertz CT molecular complexity index is 408. The lowest BCUT2D eigenvalue weighted by Gasteiger charge is -2.40. The minimum Gasteiger partial charge on any atom is -0.390 e. The van der Waals surface area contributed by atoms with E-state index in [1.807, 2.05) is 14.1 Å². The molecule has 1 atom stereocenters. The Kier molecular flexibility index (Phi) is 4.84. The Morgan fingerprint density at radius 1 is 1.20 bits per heavy atom. The monoisotopic (exact) mass is 276 g/mol. The van der Waals surface area contributed by atoms with Gasteiger partial charge in [0.2, 0.25) is 0 Å². The van der Waals surface area contributed by atoms with E-state index in [2.05, 4.69) is 48.4 Å². The van der Waals surface area contributed by atoms with E-state index >= 15 is 0 Å². The molecule has 2 rings (SSSR count). The van der Waals surface area contributed by atoms with E-state index < -0.39 is 6.10 Å². The average Bonchev–Trinajstić information content (AvgIpc) is 2.47. The maximum Gasteiger partial charge on any atom is 0.0815 e. The molecular formula is C17H28N2O. The second-order valence-corrected chi connectivity index (χ2v) is 6.60. The van der Waals surface area contributed by atoms with Gasteiger partial charge in [-0.25, -0.2) is 0 Å². The Morgan fingerprint density at radius 2 is 1.75 bits per heavy atom. The van der Waals surface area contributed by atoms with Gasteiger partial charge in [0.05, 0.1) is 6.10 Å². The fourth-order valence-electron chi connectivity index (χ4n) is 2.75. The number of hydrogen-bond acceptors (Lipinski definition) is 3. The number of piperidine rings is 1. The molecule has 2 N–H and O–H groups in total. The number of allylic oxidation sites excluding steroid dienone is 3. The van der Waals surface area contributed by atoms with Gasteiger partial charge in [-0.1, -0.05) is 29.9 Å². The van der Waals surface area contributed by atoms with Crippen molar-refractivity contribution in [3.05, 3.63) is 35.5 Å². The minimum atomic E-state index is -0.399. The van der Waals surface area contributed by atoms with E-state index in [1.165, 1.54) is 11.1 Å². The molecule has 0 amide bonds. The molecule has 1 saturated heterocycles. The predicted molar refractivity (Wildman–Crippen MR) is 84.7 cm³/mol. The van der Waals surface area contributed by atoms with Crippen molar-refractivity contribution in [1.29, 1.82) is 0 Å². The van der Waals surface area contributed by atoms with Crippen molar-refractivity contribution in [2.45, 2.75) is 38.3 Å². The molecule has 1 aliphatic carbocycles. The molecule has 0 spiro atoms. The first-order valence-electron chi connectivity index (χ1n) is 7.57. The minimum absolute atomic E-state index is 0.0958. The third kappa shape index (κ3) is 3.22. The van der Waals surface area contributed by atoms with Crippen LogP contribution in [0.3, 0.4) is 0 Å². The fraction of sp³-hybridized carbons (Fsp3) is 0.647. The summed E-state index contributed by atoms with van der Waals surface area (Å²) < 4.78 is 0. The van der Waals surface area contributed by atoms with E-state index in [-0.39, 0.29) is 11.5 Å². The molecule has 112 valence electrons. The van der Waals surface area contributed by atoms with Crippen molar-refractivity contribution in [1.82, 2.24) is 10.2 Å². The summed E-state index contributed by atoms with van der Waals surface area (Å²) in [5.41, 5.74) is 2.65. The molecule has 1 heterocycles. The van der Waals surface area contributed by atoms with Gasteiger partial charge in [-0.15, -0.1) is 0 Å². The normalized spacial score (nSPS) is 25.4. The largest absolute Gasteiger partial charge is 0.390 e. The molecule has 3 heteroatoms. The highest BCUT2D eigenvalue weighted by Gasteiger charge is 2.34. The highest BCUT2D eigenvalue weighted by atomic mass is 16.3. The molecule has 20 heavy (non-hydrogen) atoms. The van der Waals surface area contributed by atoms with Gasteiger partial charge in [0.15, 0.2) is 0 Å². The lowest BCUT2D eigenvalue weighted by molar-refractivity contribution is 0.00185. The van der Waals surface area contributed by atoms with Gasteiger partial charge in [-0.05, 0) is 59.4 Å². The SMILES string of the molecule is CN(C)C(C)(C)C(O)C1C=CC(=C2CCNCC2)C=C1. The Labute approximate surface area is 123 Å². The topological polar surface area (TPSA) is 35.5 Å². The summed E-state index contributed by atoms with van der Waals surface area (Å²) in [6.45, 7) is 6.33. The van der Waals surface area contributed by atoms with Crippen LogP contribution in [0.4, 0.5) is 0 Å². The second-order valence-electron chi connectivity index (χ2n) is 6.60. The van der Waals surface area contributed by atoms with Crippen molar-refractivity contribution in [2.24, 2.45) is 5.92 Å². The highest BCUT2D eigenvalue weighted by Crippen LogP contribution is 2.29. The van der Waals surface area contributed by atoms with Crippen LogP contribution in [0.15, 0.2) is 35.5 Å². The molecule has 1 unspecified atom stereocenters. The summed E-state index contributed by atoms with van der Waals surface area (Å²) in [5.74, 6) is 0.0958. The Morgan fingerprint density at radius 3 is 2.25 bits per heavy atom. The van der Waals surface area contributed by atoms with Gasteiger partial charge < -0.3 is 15.3 Å². The molecule has 0 aromatic rings. The molecule has 0 saturated carbocycles. The average molecular weight is 276 g/mol. The molecular weight excluding hydrogens is 248 g/mol. The summed E-state index contributed by atoms with van der Waals surface area (Å²) in [5, 5.41) is 14.0. The number of aliphatic hydroxyl groups is 1. The Balaban J connectivity index is 2.08. The molecule has 1 aliphatic heterocycles. The van der Waals surface area contributed by atoms with Crippen LogP contribution in [0.2, 0.25) is 0 Å². The van der Waals surface area contributed by atoms with Crippen molar-refractivity contribution >= 4 is 0 Å². The first-order valence-corrected chi connectivity index (χ1v) is 7.57. The van der Waals surface area contributed by atoms with E-state index in [1.54, 1.807) is 0 Å². The summed E-state index contributed by atoms with van der Waals surface area (Å²) in [7, 11) is 4.03. The zero-order valence-corrected chi connectivity index (χ0v) is 13.2. The lowest BCUT2D eigenvalue weighted by Crippen LogP contribution is -2.51. The fourth-order valence-corrected chi connectivity index (χ4v) is 2.75. The predicted octanol–water partition coefficient (Wildman–Crippen LogP) is 2.11. The van der Waals surface area contributed by atoms with E-state index in [4.69, 9.17) is 0 Å². The molecule has 3 nitrogen and oxygen atoms in total. The van der Waals surface area contributed by atoms with Crippen molar-refractivity contribution in [2.75, 3.05) is 27.2 Å². The number of hydrogen-bond donors (Lipinski definition) is 2. The number of rotatable bonds is 3. The number of likely N-dealkylation sites (N-methyl/N-ethyl adjacent to an activating group) is 1. The van der Waals surface area contributed by atoms with Crippen LogP contribution in [-0.4, -0.2) is 48.8 Å².